The van der Waals surface area contributed by atoms with Crippen LogP contribution < -0.4 is 4.74 Å². The minimum Gasteiger partial charge on any atom is -0.497 e. The Morgan fingerprint density at radius 3 is 2.46 bits per heavy atom. The van der Waals surface area contributed by atoms with Crippen molar-refractivity contribution in [3.63, 3.8) is 0 Å². The zero-order valence-electron chi connectivity index (χ0n) is 7.83. The fraction of sp³-hybridized carbons (Fsp3) is 0.300. The lowest BCUT2D eigenvalue weighted by atomic mass is 10.3. The molecule has 0 aliphatic rings. The molecule has 0 bridgehead atoms. The fourth-order valence-corrected chi connectivity index (χ4v) is 1.56. The highest BCUT2D eigenvalue weighted by atomic mass is 32.2. The Bertz CT molecular complexity index is 281. The summed E-state index contributed by atoms with van der Waals surface area (Å²) in [6, 6.07) is 7.75. The zero-order chi connectivity index (χ0) is 9.68. The van der Waals surface area contributed by atoms with E-state index in [9.17, 15) is 0 Å². The van der Waals surface area contributed by atoms with E-state index < -0.39 is 0 Å². The van der Waals surface area contributed by atoms with Gasteiger partial charge in [-0.3, -0.25) is 5.41 Å². The molecule has 13 heavy (non-hydrogen) atoms. The molecule has 0 saturated heterocycles. The van der Waals surface area contributed by atoms with E-state index in [4.69, 9.17) is 10.1 Å². The van der Waals surface area contributed by atoms with Crippen molar-refractivity contribution in [1.82, 2.24) is 0 Å². The highest BCUT2D eigenvalue weighted by Crippen LogP contribution is 2.22. The van der Waals surface area contributed by atoms with Crippen LogP contribution >= 0.6 is 11.8 Å². The molecule has 3 heteroatoms. The minimum absolute atomic E-state index is 0.685. The lowest BCUT2D eigenvalue weighted by molar-refractivity contribution is 0.414. The molecule has 1 aromatic carbocycles. The Morgan fingerprint density at radius 1 is 1.38 bits per heavy atom. The summed E-state index contributed by atoms with van der Waals surface area (Å²) in [5, 5.41) is 8.19. The van der Waals surface area contributed by atoms with Crippen molar-refractivity contribution in [3.8, 4) is 5.75 Å². The van der Waals surface area contributed by atoms with Crippen molar-refractivity contribution in [2.75, 3.05) is 7.11 Å². The molecule has 0 aliphatic heterocycles. The number of ether oxygens (including phenoxy) is 1. The Labute approximate surface area is 82.8 Å². The van der Waals surface area contributed by atoms with Gasteiger partial charge in [0.1, 0.15) is 5.75 Å². The van der Waals surface area contributed by atoms with Gasteiger partial charge in [-0.05, 0) is 30.7 Å². The van der Waals surface area contributed by atoms with Crippen molar-refractivity contribution in [2.24, 2.45) is 0 Å². The molecule has 0 heterocycles. The smallest absolute Gasteiger partial charge is 0.118 e. The Kier molecular flexibility index (Phi) is 3.83. The maximum absolute atomic E-state index is 7.51. The van der Waals surface area contributed by atoms with Gasteiger partial charge in [0, 0.05) is 4.90 Å². The van der Waals surface area contributed by atoms with Crippen LogP contribution in [0.3, 0.4) is 0 Å². The van der Waals surface area contributed by atoms with Crippen molar-refractivity contribution >= 4 is 16.8 Å². The second kappa shape index (κ2) is 4.92. The van der Waals surface area contributed by atoms with Crippen LogP contribution in [0, 0.1) is 5.41 Å². The van der Waals surface area contributed by atoms with Gasteiger partial charge in [0.2, 0.25) is 0 Å². The van der Waals surface area contributed by atoms with Gasteiger partial charge in [-0.2, -0.15) is 0 Å². The summed E-state index contributed by atoms with van der Waals surface area (Å²) in [5.74, 6) is 0.854. The molecular formula is C10H13NOS. The number of rotatable bonds is 3. The van der Waals surface area contributed by atoms with Crippen LogP contribution in [0.2, 0.25) is 0 Å². The first-order valence-electron chi connectivity index (χ1n) is 4.15. The Morgan fingerprint density at radius 2 is 2.00 bits per heavy atom. The topological polar surface area (TPSA) is 33.1 Å². The van der Waals surface area contributed by atoms with Gasteiger partial charge in [-0.15, -0.1) is 0 Å². The molecular weight excluding hydrogens is 182 g/mol. The normalized spacial score (nSPS) is 9.69. The number of thioether (sulfide) groups is 1. The molecule has 0 radical (unpaired) electrons. The molecule has 0 spiro atoms. The third-order valence-corrected chi connectivity index (χ3v) is 2.66. The van der Waals surface area contributed by atoms with E-state index >= 15 is 0 Å². The van der Waals surface area contributed by atoms with Crippen LogP contribution in [0.5, 0.6) is 5.75 Å². The predicted octanol–water partition coefficient (Wildman–Crippen LogP) is 3.17. The molecule has 0 aliphatic carbocycles. The van der Waals surface area contributed by atoms with Crippen molar-refractivity contribution in [3.05, 3.63) is 24.3 Å². The molecule has 0 amide bonds. The van der Waals surface area contributed by atoms with E-state index in [0.29, 0.717) is 5.04 Å². The average Bonchev–Trinajstić information content (AvgIpc) is 2.19. The van der Waals surface area contributed by atoms with Crippen LogP contribution in [0.4, 0.5) is 0 Å². The van der Waals surface area contributed by atoms with E-state index in [1.807, 2.05) is 31.2 Å². The summed E-state index contributed by atoms with van der Waals surface area (Å²) in [6.07, 6.45) is 0.788. The van der Waals surface area contributed by atoms with Crippen LogP contribution in [0.15, 0.2) is 29.2 Å². The summed E-state index contributed by atoms with van der Waals surface area (Å²) in [5.41, 5.74) is 0. The largest absolute Gasteiger partial charge is 0.497 e. The maximum atomic E-state index is 7.51. The number of nitrogens with one attached hydrogen (secondary N) is 1. The number of methoxy groups -OCH3 is 1. The Balaban J connectivity index is 2.64. The van der Waals surface area contributed by atoms with Gasteiger partial charge in [-0.25, -0.2) is 0 Å². The molecule has 1 N–H and O–H groups in total. The average molecular weight is 195 g/mol. The second-order valence-corrected chi connectivity index (χ2v) is 3.72. The van der Waals surface area contributed by atoms with Gasteiger partial charge in [0.15, 0.2) is 0 Å². The molecule has 2 nitrogen and oxygen atoms in total. The van der Waals surface area contributed by atoms with Crippen LogP contribution in [-0.4, -0.2) is 12.2 Å². The monoisotopic (exact) mass is 195 g/mol. The maximum Gasteiger partial charge on any atom is 0.118 e. The molecule has 0 atom stereocenters. The van der Waals surface area contributed by atoms with Crippen LogP contribution in [0.25, 0.3) is 0 Å². The predicted molar refractivity (Wildman–Crippen MR) is 56.9 cm³/mol. The molecule has 0 aromatic heterocycles. The zero-order valence-corrected chi connectivity index (χ0v) is 8.65. The third kappa shape index (κ3) is 3.11. The fourth-order valence-electron chi connectivity index (χ4n) is 0.858. The molecule has 0 fully saturated rings. The third-order valence-electron chi connectivity index (χ3n) is 1.62. The van der Waals surface area contributed by atoms with Crippen molar-refractivity contribution in [1.29, 1.82) is 5.41 Å². The highest BCUT2D eigenvalue weighted by molar-refractivity contribution is 8.13. The summed E-state index contributed by atoms with van der Waals surface area (Å²) in [6.45, 7) is 1.98. The molecule has 1 aromatic rings. The summed E-state index contributed by atoms with van der Waals surface area (Å²) >= 11 is 1.49. The highest BCUT2D eigenvalue weighted by Gasteiger charge is 1.98. The summed E-state index contributed by atoms with van der Waals surface area (Å²) in [7, 11) is 1.65. The van der Waals surface area contributed by atoms with Crippen molar-refractivity contribution in [2.45, 2.75) is 18.2 Å². The standard InChI is InChI=1S/C10H13NOS/c1-3-10(11)13-9-6-4-8(12-2)5-7-9/h4-7,11H,3H2,1-2H3. The molecule has 70 valence electrons. The van der Waals surface area contributed by atoms with E-state index in [1.54, 1.807) is 7.11 Å². The Hall–Kier alpha value is -0.960. The number of hydrogen-bond acceptors (Lipinski definition) is 3. The SMILES string of the molecule is CCC(=N)Sc1ccc(OC)cc1. The summed E-state index contributed by atoms with van der Waals surface area (Å²) < 4.78 is 5.04. The number of hydrogen-bond donors (Lipinski definition) is 1. The van der Waals surface area contributed by atoms with Crippen LogP contribution in [-0.2, 0) is 0 Å². The van der Waals surface area contributed by atoms with Gasteiger partial charge in [-0.1, -0.05) is 18.7 Å². The second-order valence-electron chi connectivity index (χ2n) is 2.55. The quantitative estimate of drug-likeness (QED) is 0.456. The number of benzene rings is 1. The summed E-state index contributed by atoms with van der Waals surface area (Å²) in [4.78, 5) is 1.09. The minimum atomic E-state index is 0.685. The molecule has 0 unspecified atom stereocenters. The molecule has 1 rings (SSSR count). The van der Waals surface area contributed by atoms with Gasteiger partial charge in [0.25, 0.3) is 0 Å². The van der Waals surface area contributed by atoms with Gasteiger partial charge >= 0.3 is 0 Å². The van der Waals surface area contributed by atoms with E-state index in [0.717, 1.165) is 17.1 Å². The first-order valence-corrected chi connectivity index (χ1v) is 4.97. The lowest BCUT2D eigenvalue weighted by Gasteiger charge is -2.02. The first kappa shape index (κ1) is 10.1. The van der Waals surface area contributed by atoms with E-state index in [2.05, 4.69) is 0 Å². The lowest BCUT2D eigenvalue weighted by Crippen LogP contribution is -1.86. The van der Waals surface area contributed by atoms with E-state index in [1.165, 1.54) is 11.8 Å². The van der Waals surface area contributed by atoms with Gasteiger partial charge in [0.05, 0.1) is 12.2 Å². The van der Waals surface area contributed by atoms with Gasteiger partial charge < -0.3 is 4.74 Å². The van der Waals surface area contributed by atoms with Crippen molar-refractivity contribution < 1.29 is 4.74 Å². The first-order chi connectivity index (χ1) is 6.26. The van der Waals surface area contributed by atoms with Crippen LogP contribution in [0.1, 0.15) is 13.3 Å². The van der Waals surface area contributed by atoms with E-state index in [-0.39, 0.29) is 0 Å². The molecule has 0 saturated carbocycles.